The van der Waals surface area contributed by atoms with Crippen LogP contribution in [0, 0.1) is 0 Å². The molecule has 0 unspecified atom stereocenters. The third-order valence-electron chi connectivity index (χ3n) is 3.16. The maximum atomic E-state index is 10.8. The van der Waals surface area contributed by atoms with E-state index in [1.54, 1.807) is 30.5 Å². The van der Waals surface area contributed by atoms with Crippen LogP contribution in [0.5, 0.6) is 0 Å². The molecule has 4 heteroatoms. The fourth-order valence-electron chi connectivity index (χ4n) is 2.08. The first-order valence-electron chi connectivity index (χ1n) is 6.26. The van der Waals surface area contributed by atoms with E-state index < -0.39 is 5.97 Å². The van der Waals surface area contributed by atoms with Gasteiger partial charge in [-0.3, -0.25) is 0 Å². The van der Waals surface area contributed by atoms with Crippen LogP contribution < -0.4 is 5.32 Å². The molecule has 1 heterocycles. The van der Waals surface area contributed by atoms with Gasteiger partial charge < -0.3 is 14.8 Å². The monoisotopic (exact) mass is 267 g/mol. The molecule has 3 aromatic rings. The van der Waals surface area contributed by atoms with Gasteiger partial charge in [0.15, 0.2) is 0 Å². The van der Waals surface area contributed by atoms with E-state index in [9.17, 15) is 4.79 Å². The zero-order valence-electron chi connectivity index (χ0n) is 10.7. The number of fused-ring (bicyclic) bond motifs is 1. The van der Waals surface area contributed by atoms with E-state index in [2.05, 4.69) is 5.32 Å². The Balaban J connectivity index is 1.74. The number of para-hydroxylation sites is 1. The molecule has 0 bridgehead atoms. The Hall–Kier alpha value is -2.75. The number of carbonyl (C=O) groups is 1. The van der Waals surface area contributed by atoms with Crippen LogP contribution in [0.15, 0.2) is 59.2 Å². The molecule has 0 radical (unpaired) electrons. The molecule has 4 nitrogen and oxygen atoms in total. The second-order valence-corrected chi connectivity index (χ2v) is 4.50. The van der Waals surface area contributed by atoms with Gasteiger partial charge in [-0.1, -0.05) is 24.3 Å². The summed E-state index contributed by atoms with van der Waals surface area (Å²) in [5.74, 6) is -0.912. The lowest BCUT2D eigenvalue weighted by Gasteiger charge is -2.05. The summed E-state index contributed by atoms with van der Waals surface area (Å²) in [5.41, 5.74) is 3.09. The third-order valence-corrected chi connectivity index (χ3v) is 3.16. The van der Waals surface area contributed by atoms with E-state index in [-0.39, 0.29) is 0 Å². The summed E-state index contributed by atoms with van der Waals surface area (Å²) in [7, 11) is 0. The molecule has 2 N–H and O–H groups in total. The lowest BCUT2D eigenvalue weighted by Crippen LogP contribution is -2.00. The second-order valence-electron chi connectivity index (χ2n) is 4.50. The number of aromatic carboxylic acids is 1. The summed E-state index contributed by atoms with van der Waals surface area (Å²) in [4.78, 5) is 10.8. The maximum Gasteiger partial charge on any atom is 0.335 e. The number of furan rings is 1. The van der Waals surface area contributed by atoms with Gasteiger partial charge in [-0.25, -0.2) is 4.79 Å². The van der Waals surface area contributed by atoms with Gasteiger partial charge >= 0.3 is 5.97 Å². The van der Waals surface area contributed by atoms with Crippen LogP contribution in [0.4, 0.5) is 5.69 Å². The smallest absolute Gasteiger partial charge is 0.335 e. The number of nitrogens with one attached hydrogen (secondary N) is 1. The van der Waals surface area contributed by atoms with Crippen molar-refractivity contribution < 1.29 is 14.3 Å². The summed E-state index contributed by atoms with van der Waals surface area (Å²) in [6.45, 7) is 0.615. The molecular formula is C16H13NO3. The highest BCUT2D eigenvalue weighted by Crippen LogP contribution is 2.25. The predicted molar refractivity (Wildman–Crippen MR) is 76.9 cm³/mol. The number of benzene rings is 2. The van der Waals surface area contributed by atoms with E-state index in [0.717, 1.165) is 22.2 Å². The average molecular weight is 267 g/mol. The molecule has 20 heavy (non-hydrogen) atoms. The highest BCUT2D eigenvalue weighted by atomic mass is 16.4. The van der Waals surface area contributed by atoms with Gasteiger partial charge in [-0.05, 0) is 29.8 Å². The minimum absolute atomic E-state index is 0.294. The Morgan fingerprint density at radius 1 is 1.10 bits per heavy atom. The van der Waals surface area contributed by atoms with Gasteiger partial charge in [0, 0.05) is 11.9 Å². The van der Waals surface area contributed by atoms with Crippen molar-refractivity contribution in [3.05, 3.63) is 65.9 Å². The quantitative estimate of drug-likeness (QED) is 0.755. The summed E-state index contributed by atoms with van der Waals surface area (Å²) < 4.78 is 5.45. The summed E-state index contributed by atoms with van der Waals surface area (Å²) in [6.07, 6.45) is 1.69. The van der Waals surface area contributed by atoms with Crippen molar-refractivity contribution in [1.29, 1.82) is 0 Å². The van der Waals surface area contributed by atoms with Crippen molar-refractivity contribution in [3.8, 4) is 0 Å². The molecule has 100 valence electrons. The number of carboxylic acids is 1. The zero-order valence-corrected chi connectivity index (χ0v) is 10.7. The zero-order chi connectivity index (χ0) is 13.9. The van der Waals surface area contributed by atoms with Crippen molar-refractivity contribution in [2.45, 2.75) is 6.54 Å². The van der Waals surface area contributed by atoms with Gasteiger partial charge in [0.25, 0.3) is 0 Å². The Labute approximate surface area is 115 Å². The number of anilines is 1. The van der Waals surface area contributed by atoms with Gasteiger partial charge in [0.2, 0.25) is 0 Å². The molecule has 0 aliphatic rings. The molecule has 0 saturated heterocycles. The molecule has 1 aromatic heterocycles. The van der Waals surface area contributed by atoms with Crippen LogP contribution in [-0.2, 0) is 6.54 Å². The molecule has 0 aliphatic heterocycles. The van der Waals surface area contributed by atoms with Crippen LogP contribution >= 0.6 is 0 Å². The molecule has 0 amide bonds. The molecule has 0 atom stereocenters. The van der Waals surface area contributed by atoms with E-state index in [0.29, 0.717) is 12.1 Å². The SMILES string of the molecule is O=C(O)c1ccc(CNc2coc3ccccc23)cc1. The minimum atomic E-state index is -0.912. The lowest BCUT2D eigenvalue weighted by atomic mass is 10.1. The molecule has 0 saturated carbocycles. The number of carboxylic acid groups (broad SMARTS) is 1. The van der Waals surface area contributed by atoms with E-state index in [1.165, 1.54) is 0 Å². The Morgan fingerprint density at radius 2 is 1.85 bits per heavy atom. The van der Waals surface area contributed by atoms with Crippen molar-refractivity contribution in [2.75, 3.05) is 5.32 Å². The highest BCUT2D eigenvalue weighted by Gasteiger charge is 2.05. The molecule has 2 aromatic carbocycles. The summed E-state index contributed by atoms with van der Waals surface area (Å²) >= 11 is 0. The Bertz CT molecular complexity index is 744. The Morgan fingerprint density at radius 3 is 2.60 bits per heavy atom. The third kappa shape index (κ3) is 2.36. The normalized spacial score (nSPS) is 10.6. The van der Waals surface area contributed by atoms with Gasteiger partial charge in [-0.15, -0.1) is 0 Å². The topological polar surface area (TPSA) is 62.5 Å². The summed E-state index contributed by atoms with van der Waals surface area (Å²) in [6, 6.07) is 14.6. The first-order valence-corrected chi connectivity index (χ1v) is 6.26. The van der Waals surface area contributed by atoms with Gasteiger partial charge in [0.05, 0.1) is 11.3 Å². The van der Waals surface area contributed by atoms with Crippen LogP contribution in [0.25, 0.3) is 11.0 Å². The lowest BCUT2D eigenvalue weighted by molar-refractivity contribution is 0.0697. The Kier molecular flexibility index (Phi) is 3.13. The largest absolute Gasteiger partial charge is 0.478 e. The van der Waals surface area contributed by atoms with Gasteiger partial charge in [0.1, 0.15) is 11.8 Å². The summed E-state index contributed by atoms with van der Waals surface area (Å²) in [5, 5.41) is 13.2. The van der Waals surface area contributed by atoms with E-state index >= 15 is 0 Å². The highest BCUT2D eigenvalue weighted by molar-refractivity contribution is 5.90. The number of rotatable bonds is 4. The number of hydrogen-bond acceptors (Lipinski definition) is 3. The first-order chi connectivity index (χ1) is 9.74. The minimum Gasteiger partial charge on any atom is -0.478 e. The molecule has 0 fully saturated rings. The predicted octanol–water partition coefficient (Wildman–Crippen LogP) is 3.74. The van der Waals surface area contributed by atoms with Crippen molar-refractivity contribution in [3.63, 3.8) is 0 Å². The molecule has 0 spiro atoms. The van der Waals surface area contributed by atoms with E-state index in [4.69, 9.17) is 9.52 Å². The number of hydrogen-bond donors (Lipinski definition) is 2. The molecular weight excluding hydrogens is 254 g/mol. The van der Waals surface area contributed by atoms with Gasteiger partial charge in [-0.2, -0.15) is 0 Å². The van der Waals surface area contributed by atoms with Crippen LogP contribution in [0.2, 0.25) is 0 Å². The van der Waals surface area contributed by atoms with Crippen molar-refractivity contribution in [2.24, 2.45) is 0 Å². The second kappa shape index (κ2) is 5.09. The maximum absolute atomic E-state index is 10.8. The average Bonchev–Trinajstić information content (AvgIpc) is 2.89. The molecule has 0 aliphatic carbocycles. The fourth-order valence-corrected chi connectivity index (χ4v) is 2.08. The van der Waals surface area contributed by atoms with Crippen molar-refractivity contribution in [1.82, 2.24) is 0 Å². The van der Waals surface area contributed by atoms with Crippen molar-refractivity contribution >= 4 is 22.6 Å². The van der Waals surface area contributed by atoms with Crippen LogP contribution in [0.1, 0.15) is 15.9 Å². The van der Waals surface area contributed by atoms with Crippen LogP contribution in [0.3, 0.4) is 0 Å². The molecule has 3 rings (SSSR count). The van der Waals surface area contributed by atoms with Crippen LogP contribution in [-0.4, -0.2) is 11.1 Å². The first kappa shape index (κ1) is 12.3. The fraction of sp³-hybridized carbons (Fsp3) is 0.0625. The van der Waals surface area contributed by atoms with E-state index in [1.807, 2.05) is 24.3 Å². The standard InChI is InChI=1S/C16H13NO3/c18-16(19)12-7-5-11(6-8-12)9-17-14-10-20-15-4-2-1-3-13(14)15/h1-8,10,17H,9H2,(H,18,19).